The SMILES string of the molecule is Cc1nc2ccc(C#N)cn2c1CN1C(=O)[C@@H](C)Oc2c(F)cc(-c3cccc(S(C)(=N)=O)c3)cc21. The molecule has 4 aromatic rings. The number of hydrogen-bond donors (Lipinski definition) is 1. The van der Waals surface area contributed by atoms with E-state index in [1.165, 1.54) is 17.2 Å². The van der Waals surface area contributed by atoms with Gasteiger partial charge in [0.15, 0.2) is 17.7 Å². The van der Waals surface area contributed by atoms with Crippen molar-refractivity contribution in [2.24, 2.45) is 0 Å². The molecule has 0 fully saturated rings. The summed E-state index contributed by atoms with van der Waals surface area (Å²) in [6.45, 7) is 3.46. The standard InChI is InChI=1S/C26H22FN5O3S/c1-15-23(31-13-17(12-28)7-8-24(31)30-15)14-32-22-11-19(10-21(27)25(22)35-16(2)26(32)33)18-5-4-6-20(9-18)36(3,29)34/h4-11,13,16,29H,14H2,1-3H3/t16-,36?/m1/s1. The van der Waals surface area contributed by atoms with Gasteiger partial charge in [-0.3, -0.25) is 9.69 Å². The van der Waals surface area contributed by atoms with Crippen LogP contribution in [0.4, 0.5) is 10.1 Å². The van der Waals surface area contributed by atoms with E-state index in [4.69, 9.17) is 9.52 Å². The molecule has 0 bridgehead atoms. The maximum absolute atomic E-state index is 15.3. The van der Waals surface area contributed by atoms with Gasteiger partial charge in [0.25, 0.3) is 5.91 Å². The molecule has 10 heteroatoms. The zero-order valence-electron chi connectivity index (χ0n) is 19.8. The Morgan fingerprint density at radius 3 is 2.72 bits per heavy atom. The van der Waals surface area contributed by atoms with Gasteiger partial charge in [0, 0.05) is 17.3 Å². The number of aromatic nitrogens is 2. The van der Waals surface area contributed by atoms with Gasteiger partial charge in [-0.2, -0.15) is 5.26 Å². The molecule has 1 unspecified atom stereocenters. The summed E-state index contributed by atoms with van der Waals surface area (Å²) in [7, 11) is -2.97. The third kappa shape index (κ3) is 3.97. The molecular formula is C26H22FN5O3S. The fourth-order valence-electron chi connectivity index (χ4n) is 4.33. The summed E-state index contributed by atoms with van der Waals surface area (Å²) in [5.41, 5.74) is 3.71. The van der Waals surface area contributed by atoms with Crippen LogP contribution in [0.25, 0.3) is 16.8 Å². The van der Waals surface area contributed by atoms with Gasteiger partial charge in [-0.05, 0) is 61.4 Å². The van der Waals surface area contributed by atoms with Gasteiger partial charge in [-0.15, -0.1) is 0 Å². The van der Waals surface area contributed by atoms with E-state index in [9.17, 15) is 14.3 Å². The van der Waals surface area contributed by atoms with Gasteiger partial charge in [0.05, 0.1) is 38.9 Å². The van der Waals surface area contributed by atoms with Crippen molar-refractivity contribution < 1.29 is 18.1 Å². The number of pyridine rings is 1. The van der Waals surface area contributed by atoms with Crippen molar-refractivity contribution in [3.05, 3.63) is 77.5 Å². The van der Waals surface area contributed by atoms with Gasteiger partial charge >= 0.3 is 0 Å². The minimum Gasteiger partial charge on any atom is -0.476 e. The Labute approximate surface area is 207 Å². The minimum absolute atomic E-state index is 0.0361. The zero-order valence-corrected chi connectivity index (χ0v) is 20.6. The second kappa shape index (κ2) is 8.46. The Hall–Kier alpha value is -4.23. The highest BCUT2D eigenvalue weighted by Gasteiger charge is 2.35. The molecule has 1 N–H and O–H groups in total. The monoisotopic (exact) mass is 503 g/mol. The van der Waals surface area contributed by atoms with E-state index in [0.29, 0.717) is 38.6 Å². The van der Waals surface area contributed by atoms with Crippen LogP contribution in [0.3, 0.4) is 0 Å². The van der Waals surface area contributed by atoms with E-state index < -0.39 is 21.7 Å². The maximum Gasteiger partial charge on any atom is 0.268 e. The smallest absolute Gasteiger partial charge is 0.268 e. The Balaban J connectivity index is 1.65. The van der Waals surface area contributed by atoms with Crippen LogP contribution in [0, 0.1) is 28.9 Å². The van der Waals surface area contributed by atoms with Crippen molar-refractivity contribution in [3.8, 4) is 22.9 Å². The lowest BCUT2D eigenvalue weighted by molar-refractivity contribution is -0.125. The summed E-state index contributed by atoms with van der Waals surface area (Å²) in [4.78, 5) is 19.6. The molecular weight excluding hydrogens is 481 g/mol. The first-order valence-electron chi connectivity index (χ1n) is 11.1. The van der Waals surface area contributed by atoms with E-state index in [1.807, 2.05) is 6.92 Å². The number of nitrogens with zero attached hydrogens (tertiary/aromatic N) is 4. The Kier molecular flexibility index (Phi) is 5.53. The number of nitriles is 1. The Morgan fingerprint density at radius 2 is 2.00 bits per heavy atom. The van der Waals surface area contributed by atoms with Crippen molar-refractivity contribution in [1.82, 2.24) is 9.38 Å². The number of halogens is 1. The lowest BCUT2D eigenvalue weighted by Gasteiger charge is -2.33. The second-order valence-electron chi connectivity index (χ2n) is 8.76. The highest BCUT2D eigenvalue weighted by atomic mass is 32.2. The number of imidazole rings is 1. The number of carbonyl (C=O) groups is 1. The van der Waals surface area contributed by atoms with Crippen LogP contribution in [0.2, 0.25) is 0 Å². The third-order valence-electron chi connectivity index (χ3n) is 6.20. The highest BCUT2D eigenvalue weighted by Crippen LogP contribution is 2.41. The molecule has 1 aliphatic heterocycles. The van der Waals surface area contributed by atoms with Crippen molar-refractivity contribution in [3.63, 3.8) is 0 Å². The van der Waals surface area contributed by atoms with Crippen molar-refractivity contribution in [1.29, 1.82) is 10.0 Å². The van der Waals surface area contributed by atoms with Gasteiger partial charge in [-0.1, -0.05) is 12.1 Å². The predicted molar refractivity (Wildman–Crippen MR) is 133 cm³/mol. The van der Waals surface area contributed by atoms with Crippen LogP contribution in [0.1, 0.15) is 23.9 Å². The summed E-state index contributed by atoms with van der Waals surface area (Å²) in [6, 6.07) is 15.0. The first-order valence-corrected chi connectivity index (χ1v) is 13.1. The first kappa shape index (κ1) is 23.5. The van der Waals surface area contributed by atoms with Crippen molar-refractivity contribution >= 4 is 27.0 Å². The number of rotatable bonds is 4. The highest BCUT2D eigenvalue weighted by molar-refractivity contribution is 7.91. The van der Waals surface area contributed by atoms with Crippen LogP contribution < -0.4 is 9.64 Å². The van der Waals surface area contributed by atoms with E-state index in [0.717, 1.165) is 0 Å². The minimum atomic E-state index is -2.97. The second-order valence-corrected chi connectivity index (χ2v) is 10.9. The summed E-state index contributed by atoms with van der Waals surface area (Å²) in [5.74, 6) is -1.02. The van der Waals surface area contributed by atoms with Crippen LogP contribution in [0.5, 0.6) is 5.75 Å². The van der Waals surface area contributed by atoms with Gasteiger partial charge < -0.3 is 9.14 Å². The number of fused-ring (bicyclic) bond motifs is 2. The molecule has 2 aromatic heterocycles. The summed E-state index contributed by atoms with van der Waals surface area (Å²) >= 11 is 0. The molecule has 182 valence electrons. The molecule has 0 saturated heterocycles. The quantitative estimate of drug-likeness (QED) is 0.435. The fourth-order valence-corrected chi connectivity index (χ4v) is 5.02. The van der Waals surface area contributed by atoms with E-state index in [-0.39, 0.29) is 23.9 Å². The predicted octanol–water partition coefficient (Wildman–Crippen LogP) is 4.67. The van der Waals surface area contributed by atoms with Gasteiger partial charge in [-0.25, -0.2) is 18.4 Å². The molecule has 1 amide bonds. The summed E-state index contributed by atoms with van der Waals surface area (Å²) in [5, 5.41) is 9.33. The van der Waals surface area contributed by atoms with Crippen LogP contribution in [0.15, 0.2) is 59.6 Å². The molecule has 36 heavy (non-hydrogen) atoms. The fraction of sp³-hybridized carbons (Fsp3) is 0.192. The molecule has 5 rings (SSSR count). The molecule has 0 spiro atoms. The number of benzene rings is 2. The molecule has 3 heterocycles. The lowest BCUT2D eigenvalue weighted by atomic mass is 10.0. The first-order chi connectivity index (χ1) is 17.1. The average Bonchev–Trinajstić information content (AvgIpc) is 3.15. The number of amides is 1. The van der Waals surface area contributed by atoms with E-state index >= 15 is 4.39 Å². The van der Waals surface area contributed by atoms with E-state index in [2.05, 4.69) is 11.1 Å². The molecule has 0 aliphatic carbocycles. The molecule has 2 atom stereocenters. The van der Waals surface area contributed by atoms with Gasteiger partial charge in [0.2, 0.25) is 0 Å². The van der Waals surface area contributed by atoms with Crippen LogP contribution in [-0.2, 0) is 21.1 Å². The maximum atomic E-state index is 15.3. The van der Waals surface area contributed by atoms with Crippen LogP contribution >= 0.6 is 0 Å². The normalized spacial score (nSPS) is 16.8. The number of anilines is 1. The third-order valence-corrected chi connectivity index (χ3v) is 7.35. The molecule has 0 saturated carbocycles. The number of carbonyl (C=O) groups excluding carboxylic acids is 1. The molecule has 0 radical (unpaired) electrons. The number of ether oxygens (including phenoxy) is 1. The van der Waals surface area contributed by atoms with Crippen molar-refractivity contribution in [2.75, 3.05) is 11.2 Å². The summed E-state index contributed by atoms with van der Waals surface area (Å²) < 4.78 is 42.9. The number of nitrogens with one attached hydrogen (secondary N) is 1. The van der Waals surface area contributed by atoms with E-state index in [1.54, 1.807) is 60.0 Å². The topological polar surface area (TPSA) is 112 Å². The molecule has 8 nitrogen and oxygen atoms in total. The Morgan fingerprint density at radius 1 is 1.22 bits per heavy atom. The Bertz CT molecular complexity index is 1700. The number of aryl methyl sites for hydroxylation is 1. The number of hydrogen-bond acceptors (Lipinski definition) is 6. The molecule has 1 aliphatic rings. The van der Waals surface area contributed by atoms with Crippen molar-refractivity contribution in [2.45, 2.75) is 31.4 Å². The van der Waals surface area contributed by atoms with Gasteiger partial charge in [0.1, 0.15) is 11.7 Å². The largest absolute Gasteiger partial charge is 0.476 e. The zero-order chi connectivity index (χ0) is 25.8. The summed E-state index contributed by atoms with van der Waals surface area (Å²) in [6.07, 6.45) is 2.08. The molecule has 2 aromatic carbocycles. The lowest BCUT2D eigenvalue weighted by Crippen LogP contribution is -2.44. The average molecular weight is 504 g/mol. The van der Waals surface area contributed by atoms with Crippen LogP contribution in [-0.4, -0.2) is 31.9 Å².